The van der Waals surface area contributed by atoms with Gasteiger partial charge in [0.15, 0.2) is 0 Å². The Hall–Kier alpha value is -0.980. The molecule has 1 heterocycles. The van der Waals surface area contributed by atoms with Crippen LogP contribution < -0.4 is 11.4 Å². The zero-order valence-electron chi connectivity index (χ0n) is 7.56. The molecule has 0 radical (unpaired) electrons. The van der Waals surface area contributed by atoms with Gasteiger partial charge in [0, 0.05) is 5.75 Å². The van der Waals surface area contributed by atoms with Crippen molar-refractivity contribution < 1.29 is 14.0 Å². The van der Waals surface area contributed by atoms with E-state index in [1.807, 2.05) is 17.7 Å². The maximum absolute atomic E-state index is 10.8. The van der Waals surface area contributed by atoms with Gasteiger partial charge in [0.1, 0.15) is 5.76 Å². The molecule has 0 saturated carbocycles. The minimum Gasteiger partial charge on any atom is -0.468 e. The molecule has 0 aliphatic rings. The lowest BCUT2D eigenvalue weighted by atomic mass is 10.5. The highest BCUT2D eigenvalue weighted by molar-refractivity contribution is 7.98. The van der Waals surface area contributed by atoms with Crippen molar-refractivity contribution in [3.8, 4) is 0 Å². The Morgan fingerprint density at radius 3 is 3.21 bits per heavy atom. The Kier molecular flexibility index (Phi) is 5.13. The molecule has 1 aromatic heterocycles. The normalized spacial score (nSPS) is 10.1. The molecule has 0 atom stereocenters. The predicted octanol–water partition coefficient (Wildman–Crippen LogP) is 0.824. The van der Waals surface area contributed by atoms with Crippen molar-refractivity contribution in [3.63, 3.8) is 0 Å². The summed E-state index contributed by atoms with van der Waals surface area (Å²) in [5.74, 6) is 6.78. The fourth-order valence-electron chi connectivity index (χ4n) is 0.840. The number of furan rings is 1. The van der Waals surface area contributed by atoms with Gasteiger partial charge >= 0.3 is 5.97 Å². The fraction of sp³-hybridized carbons (Fsp3) is 0.375. The van der Waals surface area contributed by atoms with Crippen LogP contribution in [0.3, 0.4) is 0 Å². The third kappa shape index (κ3) is 4.31. The van der Waals surface area contributed by atoms with Gasteiger partial charge in [-0.2, -0.15) is 11.8 Å². The van der Waals surface area contributed by atoms with Gasteiger partial charge in [0.25, 0.3) is 0 Å². The number of carbonyl (C=O) groups excluding carboxylic acids is 1. The summed E-state index contributed by atoms with van der Waals surface area (Å²) in [6.45, 7) is 0. The number of thioether (sulfide) groups is 1. The highest BCUT2D eigenvalue weighted by Gasteiger charge is 2.02. The number of nitrogens with two attached hydrogens (primary N) is 1. The molecule has 0 unspecified atom stereocenters. The zero-order valence-corrected chi connectivity index (χ0v) is 8.38. The van der Waals surface area contributed by atoms with Gasteiger partial charge in [-0.1, -0.05) is 5.59 Å². The second-order valence-electron chi connectivity index (χ2n) is 2.47. The highest BCUT2D eigenvalue weighted by Crippen LogP contribution is 2.13. The topological polar surface area (TPSA) is 77.5 Å². The Morgan fingerprint density at radius 1 is 1.71 bits per heavy atom. The third-order valence-electron chi connectivity index (χ3n) is 1.45. The second kappa shape index (κ2) is 6.47. The summed E-state index contributed by atoms with van der Waals surface area (Å²) in [4.78, 5) is 15.1. The molecule has 0 amide bonds. The average Bonchev–Trinajstić information content (AvgIpc) is 2.65. The van der Waals surface area contributed by atoms with Crippen LogP contribution in [0, 0.1) is 0 Å². The van der Waals surface area contributed by atoms with Crippen molar-refractivity contribution in [3.05, 3.63) is 24.2 Å². The average molecular weight is 216 g/mol. The summed E-state index contributed by atoms with van der Waals surface area (Å²) in [6.07, 6.45) is 1.96. The fourth-order valence-corrected chi connectivity index (χ4v) is 1.66. The Balaban J connectivity index is 2.02. The molecule has 1 aromatic rings. The Morgan fingerprint density at radius 2 is 2.57 bits per heavy atom. The first-order valence-electron chi connectivity index (χ1n) is 4.08. The minimum absolute atomic E-state index is 0.329. The van der Waals surface area contributed by atoms with Crippen molar-refractivity contribution in [1.82, 2.24) is 5.59 Å². The van der Waals surface area contributed by atoms with E-state index in [2.05, 4.69) is 4.84 Å². The molecule has 0 bridgehead atoms. The zero-order chi connectivity index (χ0) is 10.2. The molecule has 0 aliphatic carbocycles. The summed E-state index contributed by atoms with van der Waals surface area (Å²) in [6, 6.07) is 3.73. The Labute approximate surface area is 85.9 Å². The number of rotatable bonds is 6. The van der Waals surface area contributed by atoms with Crippen LogP contribution in [-0.4, -0.2) is 11.7 Å². The van der Waals surface area contributed by atoms with E-state index in [-0.39, 0.29) is 5.97 Å². The van der Waals surface area contributed by atoms with Crippen LogP contribution in [0.1, 0.15) is 12.2 Å². The van der Waals surface area contributed by atoms with Gasteiger partial charge < -0.3 is 9.25 Å². The molecule has 3 N–H and O–H groups in total. The number of carbonyl (C=O) groups is 1. The van der Waals surface area contributed by atoms with E-state index in [4.69, 9.17) is 10.3 Å². The largest absolute Gasteiger partial charge is 0.468 e. The molecule has 78 valence electrons. The Bertz CT molecular complexity index is 264. The van der Waals surface area contributed by atoms with Gasteiger partial charge in [-0.3, -0.25) is 4.79 Å². The number of nitrogens with one attached hydrogen (secondary N) is 1. The van der Waals surface area contributed by atoms with E-state index in [0.717, 1.165) is 11.5 Å². The molecule has 0 saturated heterocycles. The van der Waals surface area contributed by atoms with E-state index < -0.39 is 0 Å². The predicted molar refractivity (Wildman–Crippen MR) is 52.9 cm³/mol. The van der Waals surface area contributed by atoms with Crippen LogP contribution >= 0.6 is 11.8 Å². The van der Waals surface area contributed by atoms with Crippen molar-refractivity contribution in [2.45, 2.75) is 12.2 Å². The first-order chi connectivity index (χ1) is 6.83. The molecule has 0 aliphatic heterocycles. The molecule has 5 nitrogen and oxygen atoms in total. The van der Waals surface area contributed by atoms with Crippen molar-refractivity contribution in [2.24, 2.45) is 5.84 Å². The standard InChI is InChI=1S/C8H12N2O3S/c9-10-13-8(11)3-5-14-6-7-2-1-4-12-7/h1-2,4,10H,3,5-6,9H2. The van der Waals surface area contributed by atoms with Crippen LogP contribution in [0.5, 0.6) is 0 Å². The minimum atomic E-state index is -0.362. The SMILES string of the molecule is NNOC(=O)CCSCc1ccco1. The first kappa shape index (κ1) is 11.1. The van der Waals surface area contributed by atoms with Crippen LogP contribution in [0.2, 0.25) is 0 Å². The summed E-state index contributed by atoms with van der Waals surface area (Å²) >= 11 is 1.60. The van der Waals surface area contributed by atoms with E-state index in [1.54, 1.807) is 18.0 Å². The van der Waals surface area contributed by atoms with Crippen molar-refractivity contribution >= 4 is 17.7 Å². The molecule has 0 spiro atoms. The van der Waals surface area contributed by atoms with Gasteiger partial charge in [0.05, 0.1) is 18.4 Å². The smallest absolute Gasteiger partial charge is 0.327 e. The monoisotopic (exact) mass is 216 g/mol. The van der Waals surface area contributed by atoms with Gasteiger partial charge in [-0.05, 0) is 12.1 Å². The molecular formula is C8H12N2O3S. The molecule has 0 aromatic carbocycles. The maximum atomic E-state index is 10.8. The van der Waals surface area contributed by atoms with Crippen LogP contribution in [0.4, 0.5) is 0 Å². The van der Waals surface area contributed by atoms with E-state index in [0.29, 0.717) is 12.2 Å². The highest BCUT2D eigenvalue weighted by atomic mass is 32.2. The number of hydrazine groups is 1. The van der Waals surface area contributed by atoms with Crippen LogP contribution in [0.25, 0.3) is 0 Å². The maximum Gasteiger partial charge on any atom is 0.327 e. The third-order valence-corrected chi connectivity index (χ3v) is 2.43. The van der Waals surface area contributed by atoms with Gasteiger partial charge in [0.2, 0.25) is 0 Å². The van der Waals surface area contributed by atoms with Crippen molar-refractivity contribution in [2.75, 3.05) is 5.75 Å². The quantitative estimate of drug-likeness (QED) is 0.416. The summed E-state index contributed by atoms with van der Waals surface area (Å²) < 4.78 is 5.12. The summed E-state index contributed by atoms with van der Waals surface area (Å²) in [7, 11) is 0. The molecule has 0 fully saturated rings. The summed E-state index contributed by atoms with van der Waals surface area (Å²) in [5, 5.41) is 0. The first-order valence-corrected chi connectivity index (χ1v) is 5.24. The van der Waals surface area contributed by atoms with E-state index >= 15 is 0 Å². The molecular weight excluding hydrogens is 204 g/mol. The lowest BCUT2D eigenvalue weighted by Gasteiger charge is -2.00. The van der Waals surface area contributed by atoms with E-state index in [9.17, 15) is 4.79 Å². The van der Waals surface area contributed by atoms with Crippen LogP contribution in [-0.2, 0) is 15.4 Å². The second-order valence-corrected chi connectivity index (χ2v) is 3.58. The van der Waals surface area contributed by atoms with Crippen molar-refractivity contribution in [1.29, 1.82) is 0 Å². The molecule has 1 rings (SSSR count). The van der Waals surface area contributed by atoms with E-state index in [1.165, 1.54) is 0 Å². The molecule has 14 heavy (non-hydrogen) atoms. The number of hydrogen-bond acceptors (Lipinski definition) is 6. The lowest BCUT2D eigenvalue weighted by molar-refractivity contribution is -0.150. The number of hydrogen-bond donors (Lipinski definition) is 2. The lowest BCUT2D eigenvalue weighted by Crippen LogP contribution is -2.26. The van der Waals surface area contributed by atoms with Gasteiger partial charge in [-0.15, -0.1) is 0 Å². The summed E-state index contributed by atoms with van der Waals surface area (Å²) in [5.41, 5.74) is 1.84. The molecule has 6 heteroatoms. The van der Waals surface area contributed by atoms with Gasteiger partial charge in [-0.25, -0.2) is 5.84 Å². The van der Waals surface area contributed by atoms with Crippen LogP contribution in [0.15, 0.2) is 22.8 Å².